The average Bonchev–Trinajstić information content (AvgIpc) is 2.47. The summed E-state index contributed by atoms with van der Waals surface area (Å²) in [5, 5.41) is 6.40. The Morgan fingerprint density at radius 1 is 1.50 bits per heavy atom. The molecule has 0 aromatic carbocycles. The van der Waals surface area contributed by atoms with Crippen LogP contribution in [0.15, 0.2) is 18.5 Å². The summed E-state index contributed by atoms with van der Waals surface area (Å²) in [4.78, 5) is 16.3. The zero-order valence-corrected chi connectivity index (χ0v) is 12.2. The number of hydrogen-bond donors (Lipinski definition) is 2. The van der Waals surface area contributed by atoms with E-state index in [2.05, 4.69) is 15.6 Å². The summed E-state index contributed by atoms with van der Waals surface area (Å²) in [6.45, 7) is 5.21. The first-order valence-electron chi connectivity index (χ1n) is 7.05. The van der Waals surface area contributed by atoms with Crippen LogP contribution in [-0.4, -0.2) is 44.2 Å². The predicted octanol–water partition coefficient (Wildman–Crippen LogP) is 1.14. The van der Waals surface area contributed by atoms with Gasteiger partial charge >= 0.3 is 0 Å². The first kappa shape index (κ1) is 14.9. The number of aryl methyl sites for hydroxylation is 1. The second-order valence-corrected chi connectivity index (χ2v) is 5.56. The van der Waals surface area contributed by atoms with Gasteiger partial charge < -0.3 is 15.4 Å². The topological polar surface area (TPSA) is 63.2 Å². The molecule has 5 nitrogen and oxygen atoms in total. The normalized spacial score (nSPS) is 17.7. The van der Waals surface area contributed by atoms with Crippen LogP contribution in [0.3, 0.4) is 0 Å². The van der Waals surface area contributed by atoms with E-state index in [1.54, 1.807) is 19.5 Å². The highest BCUT2D eigenvalue weighted by atomic mass is 16.5. The van der Waals surface area contributed by atoms with Gasteiger partial charge in [-0.3, -0.25) is 9.78 Å². The number of pyridine rings is 1. The summed E-state index contributed by atoms with van der Waals surface area (Å²) < 4.78 is 5.35. The third-order valence-corrected chi connectivity index (χ3v) is 4.02. The molecule has 2 N–H and O–H groups in total. The van der Waals surface area contributed by atoms with Crippen molar-refractivity contribution in [1.82, 2.24) is 15.6 Å². The maximum atomic E-state index is 12.2. The van der Waals surface area contributed by atoms with E-state index in [-0.39, 0.29) is 11.3 Å². The van der Waals surface area contributed by atoms with Crippen LogP contribution in [0.25, 0.3) is 0 Å². The number of amides is 1. The zero-order valence-electron chi connectivity index (χ0n) is 12.2. The van der Waals surface area contributed by atoms with E-state index in [0.29, 0.717) is 18.7 Å². The molecule has 0 saturated carbocycles. The van der Waals surface area contributed by atoms with Crippen molar-refractivity contribution < 1.29 is 9.53 Å². The van der Waals surface area contributed by atoms with E-state index in [4.69, 9.17) is 4.74 Å². The number of nitrogens with zero attached hydrogens (tertiary/aromatic N) is 1. The number of carbonyl (C=O) groups is 1. The van der Waals surface area contributed by atoms with Crippen LogP contribution in [0.2, 0.25) is 0 Å². The lowest BCUT2D eigenvalue weighted by atomic mass is 9.79. The fourth-order valence-corrected chi connectivity index (χ4v) is 2.70. The third kappa shape index (κ3) is 3.55. The summed E-state index contributed by atoms with van der Waals surface area (Å²) >= 11 is 0. The molecule has 2 heterocycles. The van der Waals surface area contributed by atoms with Crippen LogP contribution >= 0.6 is 0 Å². The second-order valence-electron chi connectivity index (χ2n) is 5.56. The summed E-state index contributed by atoms with van der Waals surface area (Å²) in [6.07, 6.45) is 5.36. The van der Waals surface area contributed by atoms with Crippen molar-refractivity contribution in [2.24, 2.45) is 5.41 Å². The molecule has 0 aliphatic carbocycles. The van der Waals surface area contributed by atoms with Crippen LogP contribution in [-0.2, 0) is 4.74 Å². The molecule has 0 radical (unpaired) electrons. The maximum Gasteiger partial charge on any atom is 0.253 e. The Hall–Kier alpha value is -1.46. The Bertz CT molecular complexity index is 451. The lowest BCUT2D eigenvalue weighted by Crippen LogP contribution is -2.47. The molecule has 1 aromatic rings. The molecule has 2 rings (SSSR count). The highest BCUT2D eigenvalue weighted by Crippen LogP contribution is 2.28. The molecule has 1 amide bonds. The fraction of sp³-hybridized carbons (Fsp3) is 0.600. The van der Waals surface area contributed by atoms with Crippen molar-refractivity contribution >= 4 is 5.91 Å². The molecule has 1 aliphatic rings. The smallest absolute Gasteiger partial charge is 0.253 e. The lowest BCUT2D eigenvalue weighted by Gasteiger charge is -2.37. The highest BCUT2D eigenvalue weighted by molar-refractivity contribution is 5.95. The largest absolute Gasteiger partial charge is 0.384 e. The van der Waals surface area contributed by atoms with Gasteiger partial charge in [0.15, 0.2) is 0 Å². The van der Waals surface area contributed by atoms with Gasteiger partial charge in [0.05, 0.1) is 12.2 Å². The number of hydrogen-bond acceptors (Lipinski definition) is 4. The van der Waals surface area contributed by atoms with Crippen LogP contribution in [0.4, 0.5) is 0 Å². The van der Waals surface area contributed by atoms with E-state index in [9.17, 15) is 4.79 Å². The minimum Gasteiger partial charge on any atom is -0.384 e. The van der Waals surface area contributed by atoms with Gasteiger partial charge in [-0.2, -0.15) is 0 Å². The number of nitrogens with one attached hydrogen (secondary N) is 2. The van der Waals surface area contributed by atoms with Crippen molar-refractivity contribution in [1.29, 1.82) is 0 Å². The Labute approximate surface area is 120 Å². The van der Waals surface area contributed by atoms with Gasteiger partial charge in [0, 0.05) is 31.5 Å². The second kappa shape index (κ2) is 6.81. The number of piperidine rings is 1. The standard InChI is InChI=1S/C15H23N3O2/c1-12-3-6-17-9-13(12)14(19)18-10-15(11-20-2)4-7-16-8-5-15/h3,6,9,16H,4-5,7-8,10-11H2,1-2H3,(H,18,19). The monoisotopic (exact) mass is 277 g/mol. The molecule has 110 valence electrons. The summed E-state index contributed by atoms with van der Waals surface area (Å²) in [6, 6.07) is 1.85. The Kier molecular flexibility index (Phi) is 5.09. The molecule has 1 aliphatic heterocycles. The molecular formula is C15H23N3O2. The zero-order chi connectivity index (χ0) is 14.4. The predicted molar refractivity (Wildman–Crippen MR) is 77.7 cm³/mol. The van der Waals surface area contributed by atoms with Crippen LogP contribution < -0.4 is 10.6 Å². The minimum atomic E-state index is -0.0513. The van der Waals surface area contributed by atoms with Crippen molar-refractivity contribution in [2.45, 2.75) is 19.8 Å². The molecule has 1 aromatic heterocycles. The van der Waals surface area contributed by atoms with Gasteiger partial charge in [-0.15, -0.1) is 0 Å². The summed E-state index contributed by atoms with van der Waals surface area (Å²) in [7, 11) is 1.72. The number of methoxy groups -OCH3 is 1. The molecule has 0 bridgehead atoms. The summed E-state index contributed by atoms with van der Waals surface area (Å²) in [5.41, 5.74) is 1.64. The molecule has 0 atom stereocenters. The van der Waals surface area contributed by atoms with E-state index in [0.717, 1.165) is 31.5 Å². The molecule has 1 saturated heterocycles. The minimum absolute atomic E-state index is 0.0474. The lowest BCUT2D eigenvalue weighted by molar-refractivity contribution is 0.0511. The molecule has 1 fully saturated rings. The van der Waals surface area contributed by atoms with Crippen molar-refractivity contribution in [3.63, 3.8) is 0 Å². The fourth-order valence-electron chi connectivity index (χ4n) is 2.70. The Morgan fingerprint density at radius 2 is 2.25 bits per heavy atom. The van der Waals surface area contributed by atoms with Crippen LogP contribution in [0.5, 0.6) is 0 Å². The molecule has 20 heavy (non-hydrogen) atoms. The Balaban J connectivity index is 1.99. The third-order valence-electron chi connectivity index (χ3n) is 4.02. The number of carbonyl (C=O) groups excluding carboxylic acids is 1. The van der Waals surface area contributed by atoms with Gasteiger partial charge in [0.1, 0.15) is 0 Å². The summed E-state index contributed by atoms with van der Waals surface area (Å²) in [5.74, 6) is -0.0513. The SMILES string of the molecule is COCC1(CNC(=O)c2cnccc2C)CCNCC1. The van der Waals surface area contributed by atoms with Gasteiger partial charge in [-0.05, 0) is 44.5 Å². The molecule has 0 spiro atoms. The van der Waals surface area contributed by atoms with E-state index >= 15 is 0 Å². The average molecular weight is 277 g/mol. The van der Waals surface area contributed by atoms with Gasteiger partial charge in [0.2, 0.25) is 0 Å². The molecule has 0 unspecified atom stereocenters. The van der Waals surface area contributed by atoms with E-state index in [1.165, 1.54) is 0 Å². The van der Waals surface area contributed by atoms with E-state index < -0.39 is 0 Å². The molecule has 5 heteroatoms. The van der Waals surface area contributed by atoms with E-state index in [1.807, 2.05) is 13.0 Å². The van der Waals surface area contributed by atoms with Crippen molar-refractivity contribution in [2.75, 3.05) is 33.4 Å². The Morgan fingerprint density at radius 3 is 2.90 bits per heavy atom. The van der Waals surface area contributed by atoms with Crippen molar-refractivity contribution in [3.05, 3.63) is 29.6 Å². The molecular weight excluding hydrogens is 254 g/mol. The van der Waals surface area contributed by atoms with Gasteiger partial charge in [0.25, 0.3) is 5.91 Å². The van der Waals surface area contributed by atoms with Crippen LogP contribution in [0, 0.1) is 12.3 Å². The number of rotatable bonds is 5. The maximum absolute atomic E-state index is 12.2. The van der Waals surface area contributed by atoms with Crippen LogP contribution in [0.1, 0.15) is 28.8 Å². The van der Waals surface area contributed by atoms with Gasteiger partial charge in [-0.1, -0.05) is 0 Å². The first-order chi connectivity index (χ1) is 9.67. The quantitative estimate of drug-likeness (QED) is 0.847. The van der Waals surface area contributed by atoms with Crippen molar-refractivity contribution in [3.8, 4) is 0 Å². The highest BCUT2D eigenvalue weighted by Gasteiger charge is 2.32. The number of aromatic nitrogens is 1. The van der Waals surface area contributed by atoms with Gasteiger partial charge in [-0.25, -0.2) is 0 Å². The first-order valence-corrected chi connectivity index (χ1v) is 7.05. The number of ether oxygens (including phenoxy) is 1.